The summed E-state index contributed by atoms with van der Waals surface area (Å²) < 4.78 is 15.8. The minimum Gasteiger partial charge on any atom is -0.369 e. The van der Waals surface area contributed by atoms with Crippen molar-refractivity contribution in [2.75, 3.05) is 18.0 Å². The van der Waals surface area contributed by atoms with Crippen molar-refractivity contribution < 1.29 is 9.18 Å². The van der Waals surface area contributed by atoms with Crippen LogP contribution in [0.4, 0.5) is 10.1 Å². The van der Waals surface area contributed by atoms with Gasteiger partial charge in [-0.2, -0.15) is 0 Å². The molecular weight excluding hydrogens is 307 g/mol. The summed E-state index contributed by atoms with van der Waals surface area (Å²) in [6.07, 6.45) is 7.41. The standard InChI is InChI=1S/C18H23FN4O/c1-14(23-11-8-20-13-23)12-18(24)21-15-6-9-22(10-7-15)17-5-3-2-4-16(17)19/h2-5,8,11,13-15H,6-7,9-10,12H2,1H3,(H,21,24). The second-order valence-corrected chi connectivity index (χ2v) is 6.34. The first-order chi connectivity index (χ1) is 11.6. The van der Waals surface area contributed by atoms with Crippen molar-refractivity contribution in [2.45, 2.75) is 38.3 Å². The smallest absolute Gasteiger partial charge is 0.222 e. The summed E-state index contributed by atoms with van der Waals surface area (Å²) in [6, 6.07) is 7.10. The molecule has 1 N–H and O–H groups in total. The number of hydrogen-bond donors (Lipinski definition) is 1. The normalized spacial score (nSPS) is 16.8. The average Bonchev–Trinajstić information content (AvgIpc) is 3.11. The zero-order valence-corrected chi connectivity index (χ0v) is 13.9. The van der Waals surface area contributed by atoms with Crippen LogP contribution in [0.25, 0.3) is 0 Å². The summed E-state index contributed by atoms with van der Waals surface area (Å²) in [6.45, 7) is 3.51. The maximum Gasteiger partial charge on any atom is 0.222 e. The van der Waals surface area contributed by atoms with E-state index in [2.05, 4.69) is 10.3 Å². The number of imidazole rings is 1. The summed E-state index contributed by atoms with van der Waals surface area (Å²) >= 11 is 0. The number of nitrogens with one attached hydrogen (secondary N) is 1. The highest BCUT2D eigenvalue weighted by atomic mass is 19.1. The number of rotatable bonds is 5. The zero-order valence-electron chi connectivity index (χ0n) is 13.9. The van der Waals surface area contributed by atoms with Gasteiger partial charge in [0.1, 0.15) is 5.82 Å². The van der Waals surface area contributed by atoms with E-state index in [1.165, 1.54) is 6.07 Å². The van der Waals surface area contributed by atoms with Crippen LogP contribution in [0.15, 0.2) is 43.0 Å². The molecule has 0 radical (unpaired) electrons. The van der Waals surface area contributed by atoms with Crippen LogP contribution < -0.4 is 10.2 Å². The summed E-state index contributed by atoms with van der Waals surface area (Å²) in [5.74, 6) is -0.130. The quantitative estimate of drug-likeness (QED) is 0.917. The lowest BCUT2D eigenvalue weighted by Gasteiger charge is -2.34. The highest BCUT2D eigenvalue weighted by Gasteiger charge is 2.23. The molecule has 6 heteroatoms. The molecule has 5 nitrogen and oxygen atoms in total. The van der Waals surface area contributed by atoms with Gasteiger partial charge in [-0.3, -0.25) is 4.79 Å². The highest BCUT2D eigenvalue weighted by molar-refractivity contribution is 5.76. The molecule has 1 aliphatic heterocycles. The summed E-state index contributed by atoms with van der Waals surface area (Å²) in [5, 5.41) is 3.11. The van der Waals surface area contributed by atoms with Gasteiger partial charge in [0.25, 0.3) is 0 Å². The SMILES string of the molecule is CC(CC(=O)NC1CCN(c2ccccc2F)CC1)n1ccnc1. The lowest BCUT2D eigenvalue weighted by molar-refractivity contribution is -0.122. The van der Waals surface area contributed by atoms with Gasteiger partial charge in [-0.1, -0.05) is 12.1 Å². The summed E-state index contributed by atoms with van der Waals surface area (Å²) in [5.41, 5.74) is 0.649. The number of anilines is 1. The van der Waals surface area contributed by atoms with Crippen molar-refractivity contribution in [2.24, 2.45) is 0 Å². The minimum absolute atomic E-state index is 0.0561. The molecule has 128 valence electrons. The summed E-state index contributed by atoms with van der Waals surface area (Å²) in [4.78, 5) is 18.3. The van der Waals surface area contributed by atoms with E-state index in [1.54, 1.807) is 24.7 Å². The van der Waals surface area contributed by atoms with Crippen LogP contribution in [-0.2, 0) is 4.79 Å². The Balaban J connectivity index is 1.47. The van der Waals surface area contributed by atoms with Gasteiger partial charge in [-0.05, 0) is 31.9 Å². The monoisotopic (exact) mass is 330 g/mol. The molecule has 24 heavy (non-hydrogen) atoms. The van der Waals surface area contributed by atoms with Gasteiger partial charge in [0, 0.05) is 44.0 Å². The summed E-state index contributed by atoms with van der Waals surface area (Å²) in [7, 11) is 0. The maximum absolute atomic E-state index is 13.8. The molecule has 1 aliphatic rings. The van der Waals surface area contributed by atoms with Gasteiger partial charge in [-0.15, -0.1) is 0 Å². The van der Waals surface area contributed by atoms with Crippen LogP contribution in [0, 0.1) is 5.82 Å². The Morgan fingerprint density at radius 1 is 1.38 bits per heavy atom. The number of hydrogen-bond acceptors (Lipinski definition) is 3. The molecule has 1 fully saturated rings. The fourth-order valence-corrected chi connectivity index (χ4v) is 3.16. The van der Waals surface area contributed by atoms with E-state index in [0.29, 0.717) is 12.1 Å². The first-order valence-electron chi connectivity index (χ1n) is 8.40. The van der Waals surface area contributed by atoms with Crippen LogP contribution in [-0.4, -0.2) is 34.6 Å². The third-order valence-corrected chi connectivity index (χ3v) is 4.57. The number of halogens is 1. The Bertz CT molecular complexity index is 665. The average molecular weight is 330 g/mol. The van der Waals surface area contributed by atoms with Crippen molar-refractivity contribution >= 4 is 11.6 Å². The van der Waals surface area contributed by atoms with E-state index >= 15 is 0 Å². The zero-order chi connectivity index (χ0) is 16.9. The predicted molar refractivity (Wildman–Crippen MR) is 91.3 cm³/mol. The van der Waals surface area contributed by atoms with Crippen LogP contribution in [0.2, 0.25) is 0 Å². The molecule has 0 aliphatic carbocycles. The van der Waals surface area contributed by atoms with Crippen LogP contribution in [0.1, 0.15) is 32.2 Å². The highest BCUT2D eigenvalue weighted by Crippen LogP contribution is 2.23. The Kier molecular flexibility index (Phi) is 5.13. The van der Waals surface area contributed by atoms with Crippen molar-refractivity contribution in [3.8, 4) is 0 Å². The molecule has 2 heterocycles. The lowest BCUT2D eigenvalue weighted by Crippen LogP contribution is -2.45. The Morgan fingerprint density at radius 2 is 2.12 bits per heavy atom. The van der Waals surface area contributed by atoms with E-state index in [0.717, 1.165) is 25.9 Å². The fourth-order valence-electron chi connectivity index (χ4n) is 3.16. The third-order valence-electron chi connectivity index (χ3n) is 4.57. The van der Waals surface area contributed by atoms with Gasteiger partial charge in [0.2, 0.25) is 5.91 Å². The van der Waals surface area contributed by atoms with E-state index in [1.807, 2.05) is 28.7 Å². The Hall–Kier alpha value is -2.37. The first kappa shape index (κ1) is 16.5. The molecule has 1 amide bonds. The number of nitrogens with zero attached hydrogens (tertiary/aromatic N) is 3. The molecule has 1 unspecified atom stereocenters. The number of para-hydroxylation sites is 1. The second-order valence-electron chi connectivity index (χ2n) is 6.34. The van der Waals surface area contributed by atoms with Crippen molar-refractivity contribution in [1.29, 1.82) is 0 Å². The van der Waals surface area contributed by atoms with Gasteiger partial charge >= 0.3 is 0 Å². The fraction of sp³-hybridized carbons (Fsp3) is 0.444. The molecular formula is C18H23FN4O. The number of piperidine rings is 1. The molecule has 1 aromatic heterocycles. The van der Waals surface area contributed by atoms with Crippen LogP contribution >= 0.6 is 0 Å². The molecule has 1 saturated heterocycles. The molecule has 0 bridgehead atoms. The van der Waals surface area contributed by atoms with Crippen molar-refractivity contribution in [1.82, 2.24) is 14.9 Å². The number of aromatic nitrogens is 2. The van der Waals surface area contributed by atoms with Crippen LogP contribution in [0.5, 0.6) is 0 Å². The van der Waals surface area contributed by atoms with Gasteiger partial charge in [0.15, 0.2) is 0 Å². The van der Waals surface area contributed by atoms with Gasteiger partial charge in [-0.25, -0.2) is 9.37 Å². The van der Waals surface area contributed by atoms with Crippen molar-refractivity contribution in [3.63, 3.8) is 0 Å². The number of benzene rings is 1. The first-order valence-corrected chi connectivity index (χ1v) is 8.40. The van der Waals surface area contributed by atoms with E-state index in [4.69, 9.17) is 0 Å². The third kappa shape index (κ3) is 3.93. The molecule has 1 aromatic carbocycles. The maximum atomic E-state index is 13.8. The van der Waals surface area contributed by atoms with Gasteiger partial charge in [0.05, 0.1) is 12.0 Å². The molecule has 0 saturated carbocycles. The number of amides is 1. The van der Waals surface area contributed by atoms with E-state index in [9.17, 15) is 9.18 Å². The molecule has 2 aromatic rings. The minimum atomic E-state index is -0.186. The van der Waals surface area contributed by atoms with Gasteiger partial charge < -0.3 is 14.8 Å². The van der Waals surface area contributed by atoms with Crippen LogP contribution in [0.3, 0.4) is 0 Å². The van der Waals surface area contributed by atoms with Crippen molar-refractivity contribution in [3.05, 3.63) is 48.8 Å². The topological polar surface area (TPSA) is 50.2 Å². The molecule has 3 rings (SSSR count). The largest absolute Gasteiger partial charge is 0.369 e. The molecule has 1 atom stereocenters. The molecule has 0 spiro atoms. The van der Waals surface area contributed by atoms with E-state index in [-0.39, 0.29) is 23.8 Å². The van der Waals surface area contributed by atoms with E-state index < -0.39 is 0 Å². The lowest BCUT2D eigenvalue weighted by atomic mass is 10.0. The number of carbonyl (C=O) groups is 1. The predicted octanol–water partition coefficient (Wildman–Crippen LogP) is 2.76. The Labute approximate surface area is 141 Å². The Morgan fingerprint density at radius 3 is 2.79 bits per heavy atom. The number of carbonyl (C=O) groups excluding carboxylic acids is 1. The second kappa shape index (κ2) is 7.47.